The van der Waals surface area contributed by atoms with E-state index in [1.54, 1.807) is 4.90 Å². The number of methoxy groups -OCH3 is 1. The number of ether oxygens (including phenoxy) is 1. The number of hydrogen-bond acceptors (Lipinski definition) is 3. The van der Waals surface area contributed by atoms with E-state index < -0.39 is 0 Å². The van der Waals surface area contributed by atoms with Crippen LogP contribution in [0.4, 0.5) is 4.79 Å². The first-order valence-corrected chi connectivity index (χ1v) is 9.22. The van der Waals surface area contributed by atoms with Gasteiger partial charge in [-0.1, -0.05) is 0 Å². The molecule has 1 aliphatic heterocycles. The molecule has 5 nitrogen and oxygen atoms in total. The lowest BCUT2D eigenvalue weighted by Crippen LogP contribution is -2.56. The number of hydrogen-bond donors (Lipinski definition) is 1. The van der Waals surface area contributed by atoms with Crippen LogP contribution in [0.1, 0.15) is 51.4 Å². The molecule has 0 atom stereocenters. The van der Waals surface area contributed by atoms with Gasteiger partial charge in [-0.05, 0) is 69.1 Å². The number of piperidine rings is 1. The van der Waals surface area contributed by atoms with Crippen molar-refractivity contribution in [3.63, 3.8) is 0 Å². The first-order chi connectivity index (χ1) is 11.1. The Kier molecular flexibility index (Phi) is 3.77. The highest BCUT2D eigenvalue weighted by Crippen LogP contribution is 2.60. The fourth-order valence-corrected chi connectivity index (χ4v) is 6.06. The number of amides is 2. The van der Waals surface area contributed by atoms with Crippen LogP contribution < -0.4 is 5.32 Å². The van der Waals surface area contributed by atoms with Gasteiger partial charge in [-0.2, -0.15) is 0 Å². The minimum absolute atomic E-state index is 0.0613. The monoisotopic (exact) mass is 320 g/mol. The van der Waals surface area contributed by atoms with Crippen LogP contribution in [0.15, 0.2) is 0 Å². The Balaban J connectivity index is 1.35. The third-order valence-electron chi connectivity index (χ3n) is 6.78. The molecule has 5 fully saturated rings. The molecular formula is C18H28N2O3. The van der Waals surface area contributed by atoms with Crippen molar-refractivity contribution in [2.24, 2.45) is 23.2 Å². The van der Waals surface area contributed by atoms with Crippen LogP contribution in [0.25, 0.3) is 0 Å². The summed E-state index contributed by atoms with van der Waals surface area (Å²) in [5.74, 6) is 2.71. The van der Waals surface area contributed by atoms with Crippen molar-refractivity contribution in [1.29, 1.82) is 0 Å². The molecule has 1 N–H and O–H groups in total. The van der Waals surface area contributed by atoms with Crippen molar-refractivity contribution in [2.45, 2.75) is 57.4 Å². The normalized spacial score (nSPS) is 39.3. The van der Waals surface area contributed by atoms with E-state index in [0.29, 0.717) is 19.0 Å². The van der Waals surface area contributed by atoms with E-state index in [1.807, 2.05) is 0 Å². The predicted molar refractivity (Wildman–Crippen MR) is 85.7 cm³/mol. The van der Waals surface area contributed by atoms with Crippen LogP contribution in [0.2, 0.25) is 0 Å². The van der Waals surface area contributed by atoms with Gasteiger partial charge in [0.05, 0.1) is 7.11 Å². The fourth-order valence-electron chi connectivity index (χ4n) is 6.06. The maximum absolute atomic E-state index is 13.0. The van der Waals surface area contributed by atoms with Crippen molar-refractivity contribution < 1.29 is 14.3 Å². The molecule has 4 saturated carbocycles. The predicted octanol–water partition coefficient (Wildman–Crippen LogP) is 2.55. The molecule has 0 aromatic heterocycles. The summed E-state index contributed by atoms with van der Waals surface area (Å²) in [6.45, 7) is 1.36. The molecule has 4 bridgehead atoms. The number of nitrogens with one attached hydrogen (secondary N) is 1. The molecule has 0 unspecified atom stereocenters. The van der Waals surface area contributed by atoms with Gasteiger partial charge in [-0.25, -0.2) is 4.79 Å². The van der Waals surface area contributed by atoms with E-state index in [9.17, 15) is 9.59 Å². The van der Waals surface area contributed by atoms with Crippen LogP contribution in [-0.2, 0) is 9.53 Å². The van der Waals surface area contributed by atoms with Gasteiger partial charge in [0.2, 0.25) is 5.91 Å². The highest BCUT2D eigenvalue weighted by molar-refractivity contribution is 5.83. The molecule has 1 heterocycles. The molecule has 0 aromatic carbocycles. The van der Waals surface area contributed by atoms with E-state index in [1.165, 1.54) is 26.4 Å². The van der Waals surface area contributed by atoms with Crippen LogP contribution in [0.5, 0.6) is 0 Å². The van der Waals surface area contributed by atoms with Gasteiger partial charge in [0, 0.05) is 24.5 Å². The number of likely N-dealkylation sites (tertiary alicyclic amines) is 1. The molecule has 0 spiro atoms. The number of carbonyl (C=O) groups excluding carboxylic acids is 2. The molecule has 4 aliphatic carbocycles. The van der Waals surface area contributed by atoms with Gasteiger partial charge in [-0.3, -0.25) is 4.79 Å². The third kappa shape index (κ3) is 2.72. The summed E-state index contributed by atoms with van der Waals surface area (Å²) in [6.07, 6.45) is 8.87. The summed E-state index contributed by atoms with van der Waals surface area (Å²) < 4.78 is 4.77. The average Bonchev–Trinajstić information content (AvgIpc) is 2.53. The van der Waals surface area contributed by atoms with Crippen molar-refractivity contribution in [2.75, 3.05) is 20.2 Å². The van der Waals surface area contributed by atoms with E-state index in [0.717, 1.165) is 49.9 Å². The zero-order chi connectivity index (χ0) is 16.0. The zero-order valence-corrected chi connectivity index (χ0v) is 14.1. The second-order valence-electron chi connectivity index (χ2n) is 8.40. The van der Waals surface area contributed by atoms with E-state index >= 15 is 0 Å². The highest BCUT2D eigenvalue weighted by atomic mass is 16.5. The molecule has 5 rings (SSSR count). The standard InChI is InChI=1S/C18H28N2O3/c1-23-17(22)20-4-2-15(3-5-20)19-16(21)18-9-12-6-13(10-18)8-14(7-12)11-18/h12-15H,2-11H2,1H3,(H,19,21). The fraction of sp³-hybridized carbons (Fsp3) is 0.889. The maximum atomic E-state index is 13.0. The first-order valence-electron chi connectivity index (χ1n) is 9.22. The Morgan fingerprint density at radius 2 is 1.52 bits per heavy atom. The van der Waals surface area contributed by atoms with Crippen LogP contribution >= 0.6 is 0 Å². The van der Waals surface area contributed by atoms with Gasteiger partial charge < -0.3 is 15.0 Å². The molecule has 23 heavy (non-hydrogen) atoms. The minimum Gasteiger partial charge on any atom is -0.453 e. The summed E-state index contributed by atoms with van der Waals surface area (Å²) >= 11 is 0. The van der Waals surface area contributed by atoms with Crippen molar-refractivity contribution in [1.82, 2.24) is 10.2 Å². The quantitative estimate of drug-likeness (QED) is 0.850. The Hall–Kier alpha value is -1.26. The largest absolute Gasteiger partial charge is 0.453 e. The zero-order valence-electron chi connectivity index (χ0n) is 14.1. The van der Waals surface area contributed by atoms with Gasteiger partial charge >= 0.3 is 6.09 Å². The minimum atomic E-state index is -0.254. The third-order valence-corrected chi connectivity index (χ3v) is 6.78. The number of carbonyl (C=O) groups is 2. The van der Waals surface area contributed by atoms with Gasteiger partial charge in [0.15, 0.2) is 0 Å². The van der Waals surface area contributed by atoms with Crippen molar-refractivity contribution in [3.8, 4) is 0 Å². The lowest BCUT2D eigenvalue weighted by molar-refractivity contribution is -0.147. The van der Waals surface area contributed by atoms with Crippen LogP contribution in [-0.4, -0.2) is 43.1 Å². The number of nitrogens with zero attached hydrogens (tertiary/aromatic N) is 1. The Morgan fingerprint density at radius 1 is 1.00 bits per heavy atom. The lowest BCUT2D eigenvalue weighted by atomic mass is 9.49. The molecule has 5 aliphatic rings. The first kappa shape index (κ1) is 15.3. The van der Waals surface area contributed by atoms with Gasteiger partial charge in [-0.15, -0.1) is 0 Å². The van der Waals surface area contributed by atoms with E-state index in [2.05, 4.69) is 5.32 Å². The summed E-state index contributed by atoms with van der Waals surface area (Å²) in [7, 11) is 1.42. The Morgan fingerprint density at radius 3 is 2.00 bits per heavy atom. The Bertz CT molecular complexity index is 461. The molecule has 2 amide bonds. The number of rotatable bonds is 2. The summed E-state index contributed by atoms with van der Waals surface area (Å²) in [6, 6.07) is 0.219. The van der Waals surface area contributed by atoms with Crippen molar-refractivity contribution in [3.05, 3.63) is 0 Å². The second kappa shape index (κ2) is 5.67. The SMILES string of the molecule is COC(=O)N1CCC(NC(=O)C23CC4CC(CC(C4)C2)C3)CC1. The topological polar surface area (TPSA) is 58.6 Å². The molecule has 128 valence electrons. The second-order valence-corrected chi connectivity index (χ2v) is 8.40. The average molecular weight is 320 g/mol. The summed E-state index contributed by atoms with van der Waals surface area (Å²) in [5, 5.41) is 3.34. The molecule has 0 aromatic rings. The molecule has 0 radical (unpaired) electrons. The smallest absolute Gasteiger partial charge is 0.409 e. The van der Waals surface area contributed by atoms with Gasteiger partial charge in [0.25, 0.3) is 0 Å². The molecule has 1 saturated heterocycles. The molecular weight excluding hydrogens is 292 g/mol. The summed E-state index contributed by atoms with van der Waals surface area (Å²) in [5.41, 5.74) is -0.0613. The maximum Gasteiger partial charge on any atom is 0.409 e. The van der Waals surface area contributed by atoms with E-state index in [-0.39, 0.29) is 17.6 Å². The molecule has 5 heteroatoms. The van der Waals surface area contributed by atoms with Crippen LogP contribution in [0.3, 0.4) is 0 Å². The van der Waals surface area contributed by atoms with Crippen LogP contribution in [0, 0.1) is 23.2 Å². The lowest BCUT2D eigenvalue weighted by Gasteiger charge is -2.56. The highest BCUT2D eigenvalue weighted by Gasteiger charge is 2.54. The van der Waals surface area contributed by atoms with E-state index in [4.69, 9.17) is 4.74 Å². The van der Waals surface area contributed by atoms with Crippen molar-refractivity contribution >= 4 is 12.0 Å². The summed E-state index contributed by atoms with van der Waals surface area (Å²) in [4.78, 5) is 26.3. The van der Waals surface area contributed by atoms with Gasteiger partial charge in [0.1, 0.15) is 0 Å². The Labute approximate surface area is 138 Å².